The Morgan fingerprint density at radius 3 is 2.22 bits per heavy atom. The maximum absolute atomic E-state index is 11.7. The van der Waals surface area contributed by atoms with E-state index in [-0.39, 0.29) is 30.1 Å². The van der Waals surface area contributed by atoms with Crippen molar-refractivity contribution in [2.24, 2.45) is 11.8 Å². The topological polar surface area (TPSA) is 113 Å². The molecule has 0 aliphatic carbocycles. The molecule has 1 aromatic rings. The quantitative estimate of drug-likeness (QED) is 0.402. The lowest BCUT2D eigenvalue weighted by Gasteiger charge is -2.31. The number of halogens is 1. The number of carbonyl (C=O) groups excluding carboxylic acids is 1. The summed E-state index contributed by atoms with van der Waals surface area (Å²) in [5.74, 6) is -1.00. The van der Waals surface area contributed by atoms with Crippen molar-refractivity contribution >= 4 is 39.5 Å². The number of fused-ring (bicyclic) bond motifs is 4. The highest BCUT2D eigenvalue weighted by molar-refractivity contribution is 9.09. The summed E-state index contributed by atoms with van der Waals surface area (Å²) >= 11 is 3.17. The number of hydrogen-bond acceptors (Lipinski definition) is 6. The molecule has 4 unspecified atom stereocenters. The van der Waals surface area contributed by atoms with Crippen molar-refractivity contribution in [1.82, 2.24) is 14.7 Å². The van der Waals surface area contributed by atoms with E-state index in [4.69, 9.17) is 0 Å². The molecule has 1 aromatic carbocycles. The number of anilines is 1. The van der Waals surface area contributed by atoms with Gasteiger partial charge in [0.25, 0.3) is 0 Å². The van der Waals surface area contributed by atoms with Gasteiger partial charge in [-0.05, 0) is 81.3 Å². The minimum Gasteiger partial charge on any atom is -0.481 e. The van der Waals surface area contributed by atoms with Gasteiger partial charge in [0.05, 0.1) is 11.9 Å². The number of nitrogens with zero attached hydrogens (tertiary/aromatic N) is 3. The van der Waals surface area contributed by atoms with Gasteiger partial charge in [-0.1, -0.05) is 28.1 Å². The predicted octanol–water partition coefficient (Wildman–Crippen LogP) is 2.85. The van der Waals surface area contributed by atoms with Gasteiger partial charge in [-0.3, -0.25) is 19.3 Å². The number of carbonyl (C=O) groups is 3. The molecule has 2 aliphatic heterocycles. The number of alkyl halides is 1. The van der Waals surface area contributed by atoms with Crippen LogP contribution in [-0.2, 0) is 20.8 Å². The third-order valence-electron chi connectivity index (χ3n) is 7.36. The summed E-state index contributed by atoms with van der Waals surface area (Å²) in [6.45, 7) is 6.84. The molecule has 0 aromatic heterocycles. The van der Waals surface area contributed by atoms with Crippen LogP contribution < -0.4 is 5.32 Å². The standard InChI is InChI=1S/C27H41BrN4O5/c28-17-25(33)29-24-6-4-22(5-7-24)15-23-18-30-10-2-11-32(20-27(36)37)14-13-31(19-23)9-1-3-21(8-12-30)16-26(34)35/h4-7,21,23H,1-3,8-20H2,(H,29,33)(H,34,35)(H,36,37). The number of benzene rings is 1. The van der Waals surface area contributed by atoms with Crippen LogP contribution in [0.15, 0.2) is 24.3 Å². The van der Waals surface area contributed by atoms with E-state index in [9.17, 15) is 24.6 Å². The fourth-order valence-electron chi connectivity index (χ4n) is 5.58. The van der Waals surface area contributed by atoms with Gasteiger partial charge in [0.15, 0.2) is 0 Å². The number of carboxylic acid groups (broad SMARTS) is 2. The normalized spacial score (nSPS) is 26.1. The fourth-order valence-corrected chi connectivity index (χ4v) is 5.72. The van der Waals surface area contributed by atoms with Crippen molar-refractivity contribution in [1.29, 1.82) is 0 Å². The second-order valence-electron chi connectivity index (χ2n) is 10.5. The molecule has 1 amide bonds. The van der Waals surface area contributed by atoms with Crippen LogP contribution >= 0.6 is 15.9 Å². The molecular formula is C27H41BrN4O5. The van der Waals surface area contributed by atoms with Crippen molar-refractivity contribution < 1.29 is 24.6 Å². The molecule has 2 bridgehead atoms. The molecule has 37 heavy (non-hydrogen) atoms. The van der Waals surface area contributed by atoms with E-state index in [0.29, 0.717) is 5.92 Å². The minimum atomic E-state index is -0.787. The van der Waals surface area contributed by atoms with Gasteiger partial charge in [0.2, 0.25) is 5.91 Å². The highest BCUT2D eigenvalue weighted by atomic mass is 79.9. The highest BCUT2D eigenvalue weighted by Gasteiger charge is 2.24. The van der Waals surface area contributed by atoms with Crippen LogP contribution in [0.5, 0.6) is 0 Å². The van der Waals surface area contributed by atoms with E-state index < -0.39 is 11.9 Å². The van der Waals surface area contributed by atoms with Gasteiger partial charge in [-0.15, -0.1) is 0 Å². The number of nitrogens with one attached hydrogen (secondary N) is 1. The average Bonchev–Trinajstić information content (AvgIpc) is 2.90. The van der Waals surface area contributed by atoms with Gasteiger partial charge >= 0.3 is 11.9 Å². The molecule has 2 aliphatic rings. The maximum atomic E-state index is 11.7. The predicted molar refractivity (Wildman–Crippen MR) is 147 cm³/mol. The SMILES string of the molecule is O=C(O)CC1CCCN2CCN(CC(=O)O)CCCN(CC1)CC(Cc1ccc(NC(=O)CBr)cc1)C2. The van der Waals surface area contributed by atoms with Crippen LogP contribution in [0.1, 0.15) is 37.7 Å². The number of rotatable bonds is 8. The number of aliphatic carboxylic acids is 2. The Hall–Kier alpha value is -2.01. The average molecular weight is 582 g/mol. The lowest BCUT2D eigenvalue weighted by atomic mass is 9.95. The smallest absolute Gasteiger partial charge is 0.317 e. The molecule has 2 fully saturated rings. The Bertz CT molecular complexity index is 844. The van der Waals surface area contributed by atoms with E-state index in [1.165, 1.54) is 5.56 Å². The summed E-state index contributed by atoms with van der Waals surface area (Å²) in [5, 5.41) is 21.9. The zero-order valence-electron chi connectivity index (χ0n) is 21.6. The number of carboxylic acids is 2. The molecule has 4 atom stereocenters. The molecule has 0 spiro atoms. The van der Waals surface area contributed by atoms with Crippen molar-refractivity contribution in [3.05, 3.63) is 29.8 Å². The van der Waals surface area contributed by atoms with Crippen LogP contribution in [0.2, 0.25) is 0 Å². The second-order valence-corrected chi connectivity index (χ2v) is 11.0. The molecule has 3 N–H and O–H groups in total. The first-order valence-corrected chi connectivity index (χ1v) is 14.5. The summed E-state index contributed by atoms with van der Waals surface area (Å²) in [4.78, 5) is 41.5. The Morgan fingerprint density at radius 1 is 0.838 bits per heavy atom. The molecule has 206 valence electrons. The maximum Gasteiger partial charge on any atom is 0.317 e. The zero-order valence-corrected chi connectivity index (χ0v) is 23.2. The summed E-state index contributed by atoms with van der Waals surface area (Å²) in [7, 11) is 0. The van der Waals surface area contributed by atoms with Crippen LogP contribution in [-0.4, -0.2) is 107 Å². The van der Waals surface area contributed by atoms with Gasteiger partial charge in [0.1, 0.15) is 0 Å². The summed E-state index contributed by atoms with van der Waals surface area (Å²) in [5.41, 5.74) is 2.01. The van der Waals surface area contributed by atoms with Crippen LogP contribution in [0.25, 0.3) is 0 Å². The molecule has 10 heteroatoms. The second kappa shape index (κ2) is 15.4. The summed E-state index contributed by atoms with van der Waals surface area (Å²) in [6, 6.07) is 8.06. The number of hydrogen-bond donors (Lipinski definition) is 3. The van der Waals surface area contributed by atoms with Gasteiger partial charge in [-0.25, -0.2) is 0 Å². The van der Waals surface area contributed by atoms with E-state index in [0.717, 1.165) is 90.1 Å². The summed E-state index contributed by atoms with van der Waals surface area (Å²) in [6.07, 6.45) is 4.76. The summed E-state index contributed by atoms with van der Waals surface area (Å²) < 4.78 is 0. The lowest BCUT2D eigenvalue weighted by Crippen LogP contribution is -2.41. The molecule has 9 nitrogen and oxygen atoms in total. The molecule has 3 rings (SSSR count). The van der Waals surface area contributed by atoms with Crippen molar-refractivity contribution in [3.63, 3.8) is 0 Å². The van der Waals surface area contributed by atoms with Crippen molar-refractivity contribution in [2.75, 3.05) is 69.5 Å². The van der Waals surface area contributed by atoms with E-state index in [1.54, 1.807) is 0 Å². The van der Waals surface area contributed by atoms with E-state index >= 15 is 0 Å². The third-order valence-corrected chi connectivity index (χ3v) is 7.87. The Kier molecular flexibility index (Phi) is 12.3. The molecular weight excluding hydrogens is 540 g/mol. The third kappa shape index (κ3) is 11.1. The van der Waals surface area contributed by atoms with Gasteiger partial charge in [0, 0.05) is 44.8 Å². The van der Waals surface area contributed by atoms with Gasteiger partial charge < -0.3 is 25.3 Å². The van der Waals surface area contributed by atoms with Crippen LogP contribution in [0, 0.1) is 11.8 Å². The first kappa shape index (κ1) is 29.5. The zero-order chi connectivity index (χ0) is 26.6. The highest BCUT2D eigenvalue weighted by Crippen LogP contribution is 2.22. The Morgan fingerprint density at radius 2 is 1.54 bits per heavy atom. The van der Waals surface area contributed by atoms with E-state index in [2.05, 4.69) is 43.2 Å². The monoisotopic (exact) mass is 580 g/mol. The molecule has 2 heterocycles. The first-order valence-electron chi connectivity index (χ1n) is 13.4. The van der Waals surface area contributed by atoms with Crippen LogP contribution in [0.4, 0.5) is 5.69 Å². The largest absolute Gasteiger partial charge is 0.481 e. The van der Waals surface area contributed by atoms with Crippen molar-refractivity contribution in [2.45, 2.75) is 38.5 Å². The van der Waals surface area contributed by atoms with E-state index in [1.807, 2.05) is 17.0 Å². The van der Waals surface area contributed by atoms with Crippen molar-refractivity contribution in [3.8, 4) is 0 Å². The van der Waals surface area contributed by atoms with Gasteiger partial charge in [-0.2, -0.15) is 0 Å². The lowest BCUT2D eigenvalue weighted by molar-refractivity contribution is -0.139. The Labute approximate surface area is 228 Å². The molecule has 0 radical (unpaired) electrons. The molecule has 0 saturated carbocycles. The minimum absolute atomic E-state index is 0.0654. The fraction of sp³-hybridized carbons (Fsp3) is 0.667. The van der Waals surface area contributed by atoms with Crippen LogP contribution in [0.3, 0.4) is 0 Å². The number of amides is 1. The first-order chi connectivity index (χ1) is 17.8. The Balaban J connectivity index is 1.77. The molecule has 2 saturated heterocycles.